The summed E-state index contributed by atoms with van der Waals surface area (Å²) in [7, 11) is 1.57. The van der Waals surface area contributed by atoms with E-state index in [1.54, 1.807) is 7.11 Å². The van der Waals surface area contributed by atoms with Gasteiger partial charge in [-0.25, -0.2) is 0 Å². The van der Waals surface area contributed by atoms with Gasteiger partial charge in [0.1, 0.15) is 11.8 Å². The molecule has 15 heavy (non-hydrogen) atoms. The summed E-state index contributed by atoms with van der Waals surface area (Å²) in [5.74, 6) is 0.779. The summed E-state index contributed by atoms with van der Waals surface area (Å²) in [5, 5.41) is 9.33. The predicted molar refractivity (Wildman–Crippen MR) is 55.4 cm³/mol. The maximum absolute atomic E-state index is 9.33. The quantitative estimate of drug-likeness (QED) is 0.701. The molecule has 2 rings (SSSR count). The van der Waals surface area contributed by atoms with E-state index in [0.29, 0.717) is 6.61 Å². The topological polar surface area (TPSA) is 42.2 Å². The monoisotopic (exact) mass is 203 g/mol. The molecule has 0 aromatic heterocycles. The molecule has 0 spiro atoms. The molecule has 2 unspecified atom stereocenters. The third-order valence-electron chi connectivity index (χ3n) is 2.96. The molecule has 0 aliphatic carbocycles. The van der Waals surface area contributed by atoms with Gasteiger partial charge in [-0.2, -0.15) is 5.26 Å². The third-order valence-corrected chi connectivity index (χ3v) is 2.96. The van der Waals surface area contributed by atoms with Crippen molar-refractivity contribution in [3.05, 3.63) is 29.8 Å². The van der Waals surface area contributed by atoms with Gasteiger partial charge in [0, 0.05) is 18.6 Å². The van der Waals surface area contributed by atoms with Crippen molar-refractivity contribution in [2.75, 3.05) is 13.7 Å². The van der Waals surface area contributed by atoms with E-state index in [1.807, 2.05) is 31.2 Å². The third kappa shape index (κ3) is 1.30. The van der Waals surface area contributed by atoms with Crippen LogP contribution in [-0.2, 0) is 10.3 Å². The lowest BCUT2D eigenvalue weighted by molar-refractivity contribution is -0.0406. The van der Waals surface area contributed by atoms with Crippen molar-refractivity contribution in [1.29, 1.82) is 5.26 Å². The van der Waals surface area contributed by atoms with Crippen molar-refractivity contribution in [2.45, 2.75) is 12.5 Å². The standard InChI is InChI=1S/C12H13NO2/c1-9-7-15-11-6-4-3-5-10(11)12(9,8-13)14-2/h3-6,9H,7H2,1-2H3. The highest BCUT2D eigenvalue weighted by Gasteiger charge is 2.44. The highest BCUT2D eigenvalue weighted by atomic mass is 16.5. The number of benzene rings is 1. The fourth-order valence-corrected chi connectivity index (χ4v) is 2.02. The molecule has 0 radical (unpaired) electrons. The Morgan fingerprint density at radius 2 is 2.27 bits per heavy atom. The molecule has 0 saturated heterocycles. The second-order valence-corrected chi connectivity index (χ2v) is 3.76. The number of hydrogen-bond acceptors (Lipinski definition) is 3. The minimum absolute atomic E-state index is 0.0300. The maximum atomic E-state index is 9.33. The Balaban J connectivity index is 2.60. The van der Waals surface area contributed by atoms with Gasteiger partial charge in [-0.05, 0) is 6.07 Å². The Morgan fingerprint density at radius 1 is 1.53 bits per heavy atom. The molecule has 0 fully saturated rings. The number of nitriles is 1. The second kappa shape index (κ2) is 3.56. The van der Waals surface area contributed by atoms with Crippen LogP contribution in [-0.4, -0.2) is 13.7 Å². The van der Waals surface area contributed by atoms with Crippen LogP contribution in [0.3, 0.4) is 0 Å². The Morgan fingerprint density at radius 3 is 2.93 bits per heavy atom. The molecule has 78 valence electrons. The highest BCUT2D eigenvalue weighted by molar-refractivity contribution is 5.44. The molecule has 0 amide bonds. The number of methoxy groups -OCH3 is 1. The fraction of sp³-hybridized carbons (Fsp3) is 0.417. The fourth-order valence-electron chi connectivity index (χ4n) is 2.02. The molecule has 1 aliphatic heterocycles. The summed E-state index contributed by atoms with van der Waals surface area (Å²) in [4.78, 5) is 0. The first-order valence-corrected chi connectivity index (χ1v) is 4.93. The molecule has 0 saturated carbocycles. The van der Waals surface area contributed by atoms with Crippen LogP contribution in [0.4, 0.5) is 0 Å². The van der Waals surface area contributed by atoms with E-state index < -0.39 is 5.60 Å². The first kappa shape index (κ1) is 10.0. The van der Waals surface area contributed by atoms with Crippen LogP contribution >= 0.6 is 0 Å². The zero-order chi connectivity index (χ0) is 10.9. The average molecular weight is 203 g/mol. The maximum Gasteiger partial charge on any atom is 0.188 e. The summed E-state index contributed by atoms with van der Waals surface area (Å²) >= 11 is 0. The molecule has 2 atom stereocenters. The smallest absolute Gasteiger partial charge is 0.188 e. The van der Waals surface area contributed by atoms with E-state index >= 15 is 0 Å². The lowest BCUT2D eigenvalue weighted by Crippen LogP contribution is -2.41. The van der Waals surface area contributed by atoms with Crippen molar-refractivity contribution in [3.63, 3.8) is 0 Å². The molecule has 1 heterocycles. The van der Waals surface area contributed by atoms with Gasteiger partial charge in [0.25, 0.3) is 0 Å². The SMILES string of the molecule is COC1(C#N)c2ccccc2OCC1C. The summed E-state index contributed by atoms with van der Waals surface area (Å²) in [6, 6.07) is 9.81. The molecular formula is C12H13NO2. The first-order chi connectivity index (χ1) is 7.24. The van der Waals surface area contributed by atoms with Crippen LogP contribution in [0.2, 0.25) is 0 Å². The van der Waals surface area contributed by atoms with Crippen molar-refractivity contribution in [2.24, 2.45) is 5.92 Å². The van der Waals surface area contributed by atoms with Crippen LogP contribution in [0, 0.1) is 17.2 Å². The number of hydrogen-bond donors (Lipinski definition) is 0. The lowest BCUT2D eigenvalue weighted by Gasteiger charge is -2.37. The summed E-state index contributed by atoms with van der Waals surface area (Å²) < 4.78 is 11.0. The van der Waals surface area contributed by atoms with Gasteiger partial charge in [-0.3, -0.25) is 0 Å². The molecule has 1 aliphatic rings. The van der Waals surface area contributed by atoms with Gasteiger partial charge in [0.2, 0.25) is 0 Å². The number of ether oxygens (including phenoxy) is 2. The number of rotatable bonds is 1. The van der Waals surface area contributed by atoms with Gasteiger partial charge in [0.05, 0.1) is 6.61 Å². The highest BCUT2D eigenvalue weighted by Crippen LogP contribution is 2.41. The lowest BCUT2D eigenvalue weighted by atomic mass is 9.81. The van der Waals surface area contributed by atoms with E-state index in [0.717, 1.165) is 11.3 Å². The molecule has 3 heteroatoms. The van der Waals surface area contributed by atoms with E-state index in [2.05, 4.69) is 6.07 Å². The van der Waals surface area contributed by atoms with Gasteiger partial charge in [-0.1, -0.05) is 25.1 Å². The number of para-hydroxylation sites is 1. The van der Waals surface area contributed by atoms with E-state index in [9.17, 15) is 5.26 Å². The Labute approximate surface area is 89.2 Å². The average Bonchev–Trinajstić information content (AvgIpc) is 2.30. The van der Waals surface area contributed by atoms with Gasteiger partial charge < -0.3 is 9.47 Å². The van der Waals surface area contributed by atoms with Crippen LogP contribution in [0.1, 0.15) is 12.5 Å². The van der Waals surface area contributed by atoms with Crippen molar-refractivity contribution in [3.8, 4) is 11.8 Å². The van der Waals surface area contributed by atoms with Gasteiger partial charge >= 0.3 is 0 Å². The van der Waals surface area contributed by atoms with E-state index in [1.165, 1.54) is 0 Å². The van der Waals surface area contributed by atoms with Crippen LogP contribution in [0.15, 0.2) is 24.3 Å². The van der Waals surface area contributed by atoms with Crippen molar-refractivity contribution < 1.29 is 9.47 Å². The molecule has 0 bridgehead atoms. The van der Waals surface area contributed by atoms with Crippen LogP contribution < -0.4 is 4.74 Å². The normalized spacial score (nSPS) is 28.7. The molecule has 1 aromatic carbocycles. The second-order valence-electron chi connectivity index (χ2n) is 3.76. The molecule has 1 aromatic rings. The zero-order valence-corrected chi connectivity index (χ0v) is 8.86. The number of nitrogens with zero attached hydrogens (tertiary/aromatic N) is 1. The predicted octanol–water partition coefficient (Wildman–Crippen LogP) is 2.08. The number of fused-ring (bicyclic) bond motifs is 1. The van der Waals surface area contributed by atoms with E-state index in [-0.39, 0.29) is 5.92 Å². The van der Waals surface area contributed by atoms with Gasteiger partial charge in [0.15, 0.2) is 5.60 Å². The summed E-state index contributed by atoms with van der Waals surface area (Å²) in [6.07, 6.45) is 0. The Kier molecular flexibility index (Phi) is 2.37. The van der Waals surface area contributed by atoms with Crippen LogP contribution in [0.5, 0.6) is 5.75 Å². The summed E-state index contributed by atoms with van der Waals surface area (Å²) in [6.45, 7) is 2.47. The molecular weight excluding hydrogens is 190 g/mol. The Bertz CT molecular complexity index is 410. The van der Waals surface area contributed by atoms with Crippen molar-refractivity contribution in [1.82, 2.24) is 0 Å². The van der Waals surface area contributed by atoms with Crippen LogP contribution in [0.25, 0.3) is 0 Å². The minimum Gasteiger partial charge on any atom is -0.493 e. The first-order valence-electron chi connectivity index (χ1n) is 4.93. The largest absolute Gasteiger partial charge is 0.493 e. The van der Waals surface area contributed by atoms with Gasteiger partial charge in [-0.15, -0.1) is 0 Å². The van der Waals surface area contributed by atoms with E-state index in [4.69, 9.17) is 9.47 Å². The zero-order valence-electron chi connectivity index (χ0n) is 8.86. The molecule has 0 N–H and O–H groups in total. The molecule has 3 nitrogen and oxygen atoms in total. The Hall–Kier alpha value is -1.53. The summed E-state index contributed by atoms with van der Waals surface area (Å²) in [5.41, 5.74) is -0.0387. The van der Waals surface area contributed by atoms with Crippen molar-refractivity contribution >= 4 is 0 Å². The minimum atomic E-state index is -0.866.